The standard InChI is InChI=1S/C118H192BN3/c1-7-27-75(28-8-1)77-55-61-91(62-56-77)120(92-63-57-78(58-64-92)76-29-9-2-10-30-76)93-73-110-116-111(74-93)122(118-96(81-35-15-5-16-36-81)47-26-48-97(118)82-37-17-6-18-38-82)109-66-60-86(90-68-88-44-24-52-101-99-50-20-40-84-42-22-54-103(113(84)99)105(70-90)115(88)101)72-107(109)119(116)106-71-85(89-67-87-43-23-51-100-98-49-19-39-83-41-21-53-102(112(83)98)104(69-89)114(87)100)59-65-108(106)121(110)117-94(79-31-11-3-12-32-79)45-25-46-95(117)80-33-13-4-14-34-80/h75-118H,1-74H2. The summed E-state index contributed by atoms with van der Waals surface area (Å²) in [6.45, 7) is 0.999. The fraction of sp³-hybridized carbons (Fsp3) is 1.00. The molecular formula is C118H192BN3. The molecule has 0 aromatic heterocycles. The average Bonchev–Trinajstić information content (AvgIpc) is 0.684. The maximum Gasteiger partial charge on any atom is 0.156 e. The van der Waals surface area contributed by atoms with Crippen LogP contribution in [0.5, 0.6) is 0 Å². The Morgan fingerprint density at radius 1 is 0.156 bits per heavy atom. The Kier molecular flexibility index (Phi) is 25.1. The molecule has 0 aromatic carbocycles. The minimum absolute atomic E-state index is 0.802. The van der Waals surface area contributed by atoms with Crippen molar-refractivity contribution in [3.05, 3.63) is 0 Å². The molecule has 25 fully saturated rings. The van der Waals surface area contributed by atoms with Gasteiger partial charge >= 0.3 is 0 Å². The first kappa shape index (κ1) is 83.7. The fourth-order valence-corrected chi connectivity index (χ4v) is 46.9. The highest BCUT2D eigenvalue weighted by Crippen LogP contribution is 2.73. The van der Waals surface area contributed by atoms with Crippen molar-refractivity contribution in [2.24, 2.45) is 189 Å². The normalized spacial score (nSPS) is 52.3. The molecule has 2 aliphatic heterocycles. The largest absolute Gasteiger partial charge is 0.295 e. The lowest BCUT2D eigenvalue weighted by atomic mass is 9.17. The molecule has 25 rings (SSSR count). The van der Waals surface area contributed by atoms with Gasteiger partial charge in [-0.15, -0.1) is 0 Å². The van der Waals surface area contributed by atoms with Crippen molar-refractivity contribution in [3.63, 3.8) is 0 Å². The van der Waals surface area contributed by atoms with Crippen molar-refractivity contribution >= 4 is 6.71 Å². The Bertz CT molecular complexity index is 3090. The van der Waals surface area contributed by atoms with Crippen molar-refractivity contribution in [2.75, 3.05) is 0 Å². The monoisotopic (exact) mass is 1660 g/mol. The van der Waals surface area contributed by atoms with Gasteiger partial charge in [0, 0.05) is 54.4 Å². The highest BCUT2D eigenvalue weighted by molar-refractivity contribution is 6.65. The van der Waals surface area contributed by atoms with Crippen LogP contribution in [0.3, 0.4) is 0 Å². The minimum Gasteiger partial charge on any atom is -0.295 e. The quantitative estimate of drug-likeness (QED) is 0.170. The molecule has 0 N–H and O–H groups in total. The minimum atomic E-state index is 0.802. The summed E-state index contributed by atoms with van der Waals surface area (Å²) < 4.78 is 0. The van der Waals surface area contributed by atoms with E-state index in [4.69, 9.17) is 0 Å². The van der Waals surface area contributed by atoms with Crippen LogP contribution in [0.15, 0.2) is 0 Å². The first-order valence-electron chi connectivity index (χ1n) is 59.9. The van der Waals surface area contributed by atoms with Gasteiger partial charge in [0.15, 0.2) is 6.71 Å². The van der Waals surface area contributed by atoms with Crippen LogP contribution in [0.4, 0.5) is 0 Å². The first-order valence-corrected chi connectivity index (χ1v) is 59.9. The first-order chi connectivity index (χ1) is 60.5. The molecule has 30 unspecified atom stereocenters. The van der Waals surface area contributed by atoms with Crippen molar-refractivity contribution < 1.29 is 0 Å². The summed E-state index contributed by atoms with van der Waals surface area (Å²) in [7, 11) is 0. The molecule has 25 aliphatic rings. The van der Waals surface area contributed by atoms with Crippen LogP contribution in [0.25, 0.3) is 0 Å². The summed E-state index contributed by atoms with van der Waals surface area (Å²) in [5, 5.41) is 0. The lowest BCUT2D eigenvalue weighted by Crippen LogP contribution is -2.78. The third kappa shape index (κ3) is 15.2. The van der Waals surface area contributed by atoms with Crippen LogP contribution in [-0.2, 0) is 0 Å². The SMILES string of the molecule is C1CCC(C2CCC(N(C3CCC(C4CCCCC4)CC3)C3CC4C5B(C6CC(C7CC8CCCC9C%10CCCC%11CCCC(C(C7)C89)C%11%10)CCC6N4C4C(C6CCCCC6)CCCC4C4CCCCC4)C4CC(C6CC7CCCC8C9CCCC%10CCCC(C(C6)C78)C%109)CCC4N(C4C(C6CCCCC6)CCCC4C4CCCCC4)C5C3)CC2)CC1. The maximum absolute atomic E-state index is 4.10. The third-order valence-corrected chi connectivity index (χ3v) is 50.4. The molecule has 4 heteroatoms. The predicted molar refractivity (Wildman–Crippen MR) is 510 cm³/mol. The van der Waals surface area contributed by atoms with Crippen LogP contribution in [-0.4, -0.2) is 75.8 Å². The summed E-state index contributed by atoms with van der Waals surface area (Å²) in [5.41, 5.74) is 0. The molecule has 122 heavy (non-hydrogen) atoms. The van der Waals surface area contributed by atoms with E-state index in [2.05, 4.69) is 14.7 Å². The molecule has 2 saturated heterocycles. The lowest BCUT2D eigenvalue weighted by Gasteiger charge is -2.73. The van der Waals surface area contributed by atoms with Gasteiger partial charge in [-0.05, 0) is 387 Å². The van der Waals surface area contributed by atoms with E-state index in [9.17, 15) is 0 Å². The zero-order valence-corrected chi connectivity index (χ0v) is 79.6. The number of hydrogen-bond donors (Lipinski definition) is 0. The molecule has 0 bridgehead atoms. The van der Waals surface area contributed by atoms with Crippen LogP contribution >= 0.6 is 0 Å². The van der Waals surface area contributed by atoms with Crippen molar-refractivity contribution in [2.45, 2.75) is 547 Å². The van der Waals surface area contributed by atoms with Gasteiger partial charge in [0.1, 0.15) is 0 Å². The molecule has 0 aromatic rings. The van der Waals surface area contributed by atoms with Gasteiger partial charge < -0.3 is 0 Å². The van der Waals surface area contributed by atoms with Crippen LogP contribution in [0.2, 0.25) is 17.5 Å². The van der Waals surface area contributed by atoms with Crippen molar-refractivity contribution in [3.8, 4) is 0 Å². The molecular weight excluding hydrogens is 1470 g/mol. The van der Waals surface area contributed by atoms with E-state index in [0.717, 1.165) is 268 Å². The van der Waals surface area contributed by atoms with E-state index in [1.807, 2.05) is 0 Å². The van der Waals surface area contributed by atoms with E-state index in [1.165, 1.54) is 12.8 Å². The van der Waals surface area contributed by atoms with Gasteiger partial charge in [-0.25, -0.2) is 0 Å². The van der Waals surface area contributed by atoms with E-state index in [-0.39, 0.29) is 0 Å². The number of rotatable bonds is 13. The molecule has 3 nitrogen and oxygen atoms in total. The predicted octanol–water partition coefficient (Wildman–Crippen LogP) is 31.7. The molecule has 0 spiro atoms. The van der Waals surface area contributed by atoms with Gasteiger partial charge in [-0.2, -0.15) is 0 Å². The number of fused-ring (bicyclic) bond motifs is 8. The molecule has 23 saturated carbocycles. The van der Waals surface area contributed by atoms with Crippen LogP contribution in [0, 0.1) is 189 Å². The van der Waals surface area contributed by atoms with E-state index >= 15 is 0 Å². The van der Waals surface area contributed by atoms with Crippen molar-refractivity contribution in [1.29, 1.82) is 0 Å². The lowest BCUT2D eigenvalue weighted by molar-refractivity contribution is -0.156. The van der Waals surface area contributed by atoms with Crippen LogP contribution in [0.1, 0.15) is 475 Å². The maximum atomic E-state index is 4.10. The summed E-state index contributed by atoms with van der Waals surface area (Å²) >= 11 is 0. The Morgan fingerprint density at radius 3 is 0.754 bits per heavy atom. The molecule has 30 atom stereocenters. The van der Waals surface area contributed by atoms with Gasteiger partial charge in [0.2, 0.25) is 0 Å². The highest BCUT2D eigenvalue weighted by Gasteiger charge is 2.71. The van der Waals surface area contributed by atoms with Crippen molar-refractivity contribution in [1.82, 2.24) is 14.7 Å². The summed E-state index contributed by atoms with van der Waals surface area (Å²) in [6.07, 6.45) is 119. The zero-order valence-electron chi connectivity index (χ0n) is 79.6. The van der Waals surface area contributed by atoms with Gasteiger partial charge in [-0.1, -0.05) is 295 Å². The second-order valence-electron chi connectivity index (χ2n) is 54.1. The third-order valence-electron chi connectivity index (χ3n) is 50.4. The average molecular weight is 1660 g/mol. The second-order valence-corrected chi connectivity index (χ2v) is 54.1. The van der Waals surface area contributed by atoms with E-state index in [1.54, 1.807) is 462 Å². The summed E-state index contributed by atoms with van der Waals surface area (Å²) in [4.78, 5) is 12.0. The summed E-state index contributed by atoms with van der Waals surface area (Å²) in [6, 6.07) is 7.68. The summed E-state index contributed by atoms with van der Waals surface area (Å²) in [5.74, 6) is 37.0. The smallest absolute Gasteiger partial charge is 0.156 e. The topological polar surface area (TPSA) is 9.72 Å². The number of nitrogens with zero attached hydrogens (tertiary/aromatic N) is 3. The van der Waals surface area contributed by atoms with E-state index in [0.29, 0.717) is 0 Å². The number of hydrogen-bond acceptors (Lipinski definition) is 3. The second kappa shape index (κ2) is 36.6. The molecule has 23 aliphatic carbocycles. The van der Waals surface area contributed by atoms with Gasteiger partial charge in [0.25, 0.3) is 0 Å². The Hall–Kier alpha value is -0.0551. The Morgan fingerprint density at radius 2 is 0.418 bits per heavy atom. The fourth-order valence-electron chi connectivity index (χ4n) is 46.9. The molecule has 0 radical (unpaired) electrons. The Labute approximate surface area is 752 Å². The van der Waals surface area contributed by atoms with Gasteiger partial charge in [-0.3, -0.25) is 14.7 Å². The van der Waals surface area contributed by atoms with Gasteiger partial charge in [0.05, 0.1) is 0 Å². The molecule has 2 heterocycles. The highest BCUT2D eigenvalue weighted by atomic mass is 15.3. The van der Waals surface area contributed by atoms with E-state index < -0.39 is 0 Å². The molecule has 0 amide bonds. The molecule has 682 valence electrons. The Balaban J connectivity index is 0.660. The zero-order chi connectivity index (χ0) is 80.0. The van der Waals surface area contributed by atoms with Crippen LogP contribution < -0.4 is 0 Å².